The van der Waals surface area contributed by atoms with E-state index >= 15 is 0 Å². The first-order chi connectivity index (χ1) is 11.7. The average molecular weight is 382 g/mol. The monoisotopic (exact) mass is 381 g/mol. The second-order valence-electron chi connectivity index (χ2n) is 5.59. The fourth-order valence-electron chi connectivity index (χ4n) is 2.15. The summed E-state index contributed by atoms with van der Waals surface area (Å²) in [5.74, 6) is -0.435. The number of nitrogens with zero attached hydrogens (tertiary/aromatic N) is 1. The maximum Gasteiger partial charge on any atom is 0.253 e. The number of amides is 1. The van der Waals surface area contributed by atoms with Crippen molar-refractivity contribution in [3.8, 4) is 0 Å². The molecule has 6 nitrogen and oxygen atoms in total. The third-order valence-electron chi connectivity index (χ3n) is 3.67. The summed E-state index contributed by atoms with van der Waals surface area (Å²) in [6.07, 6.45) is 0. The highest BCUT2D eigenvalue weighted by atomic mass is 35.5. The van der Waals surface area contributed by atoms with Crippen LogP contribution in [0.1, 0.15) is 15.9 Å². The van der Waals surface area contributed by atoms with Crippen LogP contribution in [-0.2, 0) is 16.6 Å². The van der Waals surface area contributed by atoms with E-state index < -0.39 is 15.9 Å². The number of hydrogen-bond donors (Lipinski definition) is 2. The molecule has 0 unspecified atom stereocenters. The van der Waals surface area contributed by atoms with Gasteiger partial charge in [-0.3, -0.25) is 4.79 Å². The van der Waals surface area contributed by atoms with Crippen LogP contribution in [0.2, 0.25) is 5.02 Å². The van der Waals surface area contributed by atoms with Crippen LogP contribution in [0.4, 0.5) is 5.69 Å². The minimum absolute atomic E-state index is 0.0140. The van der Waals surface area contributed by atoms with E-state index in [2.05, 4.69) is 10.0 Å². The van der Waals surface area contributed by atoms with Crippen molar-refractivity contribution in [2.75, 3.05) is 26.0 Å². The predicted molar refractivity (Wildman–Crippen MR) is 99.6 cm³/mol. The van der Waals surface area contributed by atoms with Crippen LogP contribution in [-0.4, -0.2) is 35.5 Å². The van der Waals surface area contributed by atoms with Gasteiger partial charge in [-0.05, 0) is 42.9 Å². The summed E-state index contributed by atoms with van der Waals surface area (Å²) in [4.78, 5) is 14.3. The third-order valence-corrected chi connectivity index (χ3v) is 5.41. The molecule has 2 aromatic carbocycles. The van der Waals surface area contributed by atoms with Gasteiger partial charge in [-0.15, -0.1) is 0 Å². The zero-order valence-electron chi connectivity index (χ0n) is 14.2. The van der Waals surface area contributed by atoms with E-state index in [1.165, 1.54) is 25.2 Å². The van der Waals surface area contributed by atoms with E-state index in [1.54, 1.807) is 0 Å². The molecule has 0 saturated carbocycles. The van der Waals surface area contributed by atoms with Gasteiger partial charge >= 0.3 is 0 Å². The molecule has 0 radical (unpaired) electrons. The van der Waals surface area contributed by atoms with Gasteiger partial charge in [0.15, 0.2) is 0 Å². The number of nitrogens with one attached hydrogen (secondary N) is 2. The lowest BCUT2D eigenvalue weighted by atomic mass is 10.1. The summed E-state index contributed by atoms with van der Waals surface area (Å²) in [6, 6.07) is 11.7. The summed E-state index contributed by atoms with van der Waals surface area (Å²) in [5.41, 5.74) is 2.10. The second-order valence-corrected chi connectivity index (χ2v) is 7.89. The first-order valence-corrected chi connectivity index (χ1v) is 9.38. The molecule has 2 rings (SSSR count). The zero-order chi connectivity index (χ0) is 18.6. The summed E-state index contributed by atoms with van der Waals surface area (Å²) in [7, 11) is 1.56. The van der Waals surface area contributed by atoms with Crippen LogP contribution in [0, 0.1) is 0 Å². The van der Waals surface area contributed by atoms with Crippen LogP contribution in [0.3, 0.4) is 0 Å². The molecule has 25 heavy (non-hydrogen) atoms. The van der Waals surface area contributed by atoms with E-state index in [0.29, 0.717) is 6.54 Å². The smallest absolute Gasteiger partial charge is 0.253 e. The van der Waals surface area contributed by atoms with Crippen molar-refractivity contribution < 1.29 is 13.2 Å². The normalized spacial score (nSPS) is 11.2. The van der Waals surface area contributed by atoms with Crippen LogP contribution >= 0.6 is 11.6 Å². The highest BCUT2D eigenvalue weighted by molar-refractivity contribution is 7.89. The van der Waals surface area contributed by atoms with Crippen molar-refractivity contribution >= 4 is 33.2 Å². The van der Waals surface area contributed by atoms with Gasteiger partial charge in [0.1, 0.15) is 0 Å². The Balaban J connectivity index is 2.14. The van der Waals surface area contributed by atoms with Crippen molar-refractivity contribution in [2.24, 2.45) is 0 Å². The Labute approximate surface area is 152 Å². The number of anilines is 1. The fraction of sp³-hybridized carbons (Fsp3) is 0.235. The molecule has 2 aromatic rings. The number of rotatable bonds is 6. The molecule has 0 heterocycles. The standard InChI is InChI=1S/C17H20ClN3O3S/c1-19-25(23,24)14-8-9-16(18)15(10-14)17(22)20-11-12-4-6-13(7-5-12)21(2)3/h4-10,19H,11H2,1-3H3,(H,20,22). The van der Waals surface area contributed by atoms with Gasteiger partial charge in [0.2, 0.25) is 10.0 Å². The van der Waals surface area contributed by atoms with Crippen molar-refractivity contribution in [2.45, 2.75) is 11.4 Å². The van der Waals surface area contributed by atoms with Crippen LogP contribution < -0.4 is 14.9 Å². The van der Waals surface area contributed by atoms with Gasteiger partial charge in [-0.2, -0.15) is 0 Å². The molecule has 0 atom stereocenters. The average Bonchev–Trinajstić information content (AvgIpc) is 2.60. The van der Waals surface area contributed by atoms with Gasteiger partial charge in [0.05, 0.1) is 15.5 Å². The van der Waals surface area contributed by atoms with Crippen molar-refractivity contribution in [3.63, 3.8) is 0 Å². The zero-order valence-corrected chi connectivity index (χ0v) is 15.8. The molecule has 0 aromatic heterocycles. The largest absolute Gasteiger partial charge is 0.378 e. The summed E-state index contributed by atoms with van der Waals surface area (Å²) < 4.78 is 25.9. The van der Waals surface area contributed by atoms with Crippen LogP contribution in [0.25, 0.3) is 0 Å². The molecular weight excluding hydrogens is 362 g/mol. The molecule has 0 spiro atoms. The minimum atomic E-state index is -3.64. The molecule has 0 fully saturated rings. The van der Waals surface area contributed by atoms with E-state index in [4.69, 9.17) is 11.6 Å². The number of sulfonamides is 1. The van der Waals surface area contributed by atoms with Crippen molar-refractivity contribution in [1.82, 2.24) is 10.0 Å². The SMILES string of the molecule is CNS(=O)(=O)c1ccc(Cl)c(C(=O)NCc2ccc(N(C)C)cc2)c1. The number of carbonyl (C=O) groups excluding carboxylic acids is 1. The Hall–Kier alpha value is -2.09. The van der Waals surface area contributed by atoms with Gasteiger partial charge in [-0.1, -0.05) is 23.7 Å². The number of carbonyl (C=O) groups is 1. The maximum absolute atomic E-state index is 12.4. The topological polar surface area (TPSA) is 78.5 Å². The van der Waals surface area contributed by atoms with Crippen LogP contribution in [0.15, 0.2) is 47.4 Å². The summed E-state index contributed by atoms with van der Waals surface area (Å²) >= 11 is 6.04. The number of hydrogen-bond acceptors (Lipinski definition) is 4. The molecule has 0 aliphatic heterocycles. The number of benzene rings is 2. The molecule has 0 bridgehead atoms. The van der Waals surface area contributed by atoms with Gasteiger partial charge in [-0.25, -0.2) is 13.1 Å². The Bertz CT molecular complexity index is 865. The minimum Gasteiger partial charge on any atom is -0.378 e. The second kappa shape index (κ2) is 7.86. The molecule has 0 aliphatic rings. The molecular formula is C17H20ClN3O3S. The van der Waals surface area contributed by atoms with E-state index in [-0.39, 0.29) is 15.5 Å². The summed E-state index contributed by atoms with van der Waals surface area (Å²) in [5, 5.41) is 2.94. The maximum atomic E-state index is 12.4. The lowest BCUT2D eigenvalue weighted by Crippen LogP contribution is -2.24. The Morgan fingerprint density at radius 3 is 2.32 bits per heavy atom. The highest BCUT2D eigenvalue weighted by Crippen LogP contribution is 2.20. The molecule has 1 amide bonds. The Morgan fingerprint density at radius 2 is 1.76 bits per heavy atom. The van der Waals surface area contributed by atoms with Crippen molar-refractivity contribution in [3.05, 3.63) is 58.6 Å². The Kier molecular flexibility index (Phi) is 6.05. The van der Waals surface area contributed by atoms with Gasteiger partial charge in [0, 0.05) is 26.3 Å². The van der Waals surface area contributed by atoms with E-state index in [0.717, 1.165) is 11.3 Å². The molecule has 8 heteroatoms. The molecule has 0 aliphatic carbocycles. The molecule has 2 N–H and O–H groups in total. The van der Waals surface area contributed by atoms with E-state index in [9.17, 15) is 13.2 Å². The first kappa shape index (κ1) is 19.2. The molecule has 134 valence electrons. The fourth-order valence-corrected chi connectivity index (χ4v) is 3.11. The lowest BCUT2D eigenvalue weighted by molar-refractivity contribution is 0.0951. The predicted octanol–water partition coefficient (Wildman–Crippen LogP) is 2.24. The van der Waals surface area contributed by atoms with Gasteiger partial charge < -0.3 is 10.2 Å². The van der Waals surface area contributed by atoms with Crippen molar-refractivity contribution in [1.29, 1.82) is 0 Å². The van der Waals surface area contributed by atoms with Crippen LogP contribution in [0.5, 0.6) is 0 Å². The Morgan fingerprint density at radius 1 is 1.12 bits per heavy atom. The third kappa shape index (κ3) is 4.72. The van der Waals surface area contributed by atoms with Gasteiger partial charge in [0.25, 0.3) is 5.91 Å². The highest BCUT2D eigenvalue weighted by Gasteiger charge is 2.17. The summed E-state index contributed by atoms with van der Waals surface area (Å²) in [6.45, 7) is 0.311. The number of halogens is 1. The first-order valence-electron chi connectivity index (χ1n) is 7.52. The van der Waals surface area contributed by atoms with E-state index in [1.807, 2.05) is 43.3 Å². The lowest BCUT2D eigenvalue weighted by Gasteiger charge is -2.13. The quantitative estimate of drug-likeness (QED) is 0.804. The molecule has 0 saturated heterocycles.